The Morgan fingerprint density at radius 2 is 1.86 bits per heavy atom. The Bertz CT molecular complexity index is 858. The number of methoxy groups -OCH3 is 1. The van der Waals surface area contributed by atoms with E-state index in [0.717, 1.165) is 0 Å². The van der Waals surface area contributed by atoms with Gasteiger partial charge < -0.3 is 14.2 Å². The Balaban J connectivity index is 1.81. The van der Waals surface area contributed by atoms with Gasteiger partial charge in [0.2, 0.25) is 0 Å². The molecule has 0 aliphatic rings. The number of nitrogens with one attached hydrogen (secondary N) is 2. The van der Waals surface area contributed by atoms with Gasteiger partial charge in [-0.05, 0) is 37.3 Å². The molecule has 2 rings (SSSR count). The highest BCUT2D eigenvalue weighted by molar-refractivity contribution is 5.85. The van der Waals surface area contributed by atoms with Crippen LogP contribution in [0.1, 0.15) is 17.3 Å². The van der Waals surface area contributed by atoms with Crippen molar-refractivity contribution in [2.75, 3.05) is 13.7 Å². The monoisotopic (exact) mass is 390 g/mol. The van der Waals surface area contributed by atoms with E-state index < -0.39 is 30.3 Å². The molecular weight excluding hydrogens is 371 g/mol. The lowest BCUT2D eigenvalue weighted by atomic mass is 10.2. The van der Waals surface area contributed by atoms with Gasteiger partial charge in [0.1, 0.15) is 6.29 Å². The molecule has 0 heterocycles. The van der Waals surface area contributed by atoms with Crippen LogP contribution in [0.2, 0.25) is 0 Å². The van der Waals surface area contributed by atoms with E-state index in [2.05, 4.69) is 10.9 Å². The molecule has 8 nitrogen and oxygen atoms in total. The van der Waals surface area contributed by atoms with E-state index in [9.17, 15) is 18.8 Å². The summed E-state index contributed by atoms with van der Waals surface area (Å²) in [6, 6.07) is 10.1. The molecule has 0 bridgehead atoms. The van der Waals surface area contributed by atoms with Crippen LogP contribution in [0.15, 0.2) is 42.5 Å². The van der Waals surface area contributed by atoms with E-state index in [1.165, 1.54) is 50.4 Å². The van der Waals surface area contributed by atoms with Crippen LogP contribution in [-0.4, -0.2) is 37.9 Å². The number of hydrogen-bond acceptors (Lipinski definition) is 6. The van der Waals surface area contributed by atoms with Gasteiger partial charge in [-0.3, -0.25) is 25.2 Å². The topological polar surface area (TPSA) is 103 Å². The fourth-order valence-electron chi connectivity index (χ4n) is 2.07. The summed E-state index contributed by atoms with van der Waals surface area (Å²) in [6.07, 6.45) is -0.395. The summed E-state index contributed by atoms with van der Waals surface area (Å²) in [5.41, 5.74) is 4.71. The first-order valence-corrected chi connectivity index (χ1v) is 8.20. The SMILES string of the molecule is COc1cc(C=O)ccc1OCC(=O)NNC(=O)[C@H](C)Oc1ccccc1F. The van der Waals surface area contributed by atoms with Crippen molar-refractivity contribution in [1.82, 2.24) is 10.9 Å². The molecule has 0 aliphatic heterocycles. The van der Waals surface area contributed by atoms with Crippen LogP contribution in [0.5, 0.6) is 17.2 Å². The minimum atomic E-state index is -1.05. The number of amides is 2. The molecule has 0 aliphatic carbocycles. The smallest absolute Gasteiger partial charge is 0.279 e. The Kier molecular flexibility index (Phi) is 7.32. The van der Waals surface area contributed by atoms with Gasteiger partial charge in [0, 0.05) is 5.56 Å². The summed E-state index contributed by atoms with van der Waals surface area (Å²) in [6.45, 7) is 0.990. The average molecular weight is 390 g/mol. The standard InChI is InChI=1S/C19H19FN2O6/c1-12(28-15-6-4-3-5-14(15)20)19(25)22-21-18(24)11-27-16-8-7-13(10-23)9-17(16)26-2/h3-10,12H,11H2,1-2H3,(H,21,24)(H,22,25)/t12-/m0/s1. The van der Waals surface area contributed by atoms with Crippen molar-refractivity contribution in [3.63, 3.8) is 0 Å². The van der Waals surface area contributed by atoms with E-state index in [1.54, 1.807) is 6.07 Å². The molecule has 0 fully saturated rings. The summed E-state index contributed by atoms with van der Waals surface area (Å²) in [5, 5.41) is 0. The van der Waals surface area contributed by atoms with E-state index in [1.807, 2.05) is 0 Å². The average Bonchev–Trinajstić information content (AvgIpc) is 2.71. The molecule has 2 aromatic carbocycles. The summed E-state index contributed by atoms with van der Waals surface area (Å²) in [4.78, 5) is 34.5. The Morgan fingerprint density at radius 1 is 1.11 bits per heavy atom. The van der Waals surface area contributed by atoms with E-state index in [0.29, 0.717) is 11.8 Å². The van der Waals surface area contributed by atoms with Crippen molar-refractivity contribution in [3.05, 3.63) is 53.8 Å². The molecule has 0 saturated carbocycles. The van der Waals surface area contributed by atoms with E-state index >= 15 is 0 Å². The lowest BCUT2D eigenvalue weighted by molar-refractivity contribution is -0.133. The number of rotatable bonds is 8. The third-order valence-electron chi connectivity index (χ3n) is 3.52. The second-order valence-electron chi connectivity index (χ2n) is 5.54. The number of ether oxygens (including phenoxy) is 3. The molecule has 0 spiro atoms. The number of carbonyl (C=O) groups excluding carboxylic acids is 3. The Hall–Kier alpha value is -3.62. The lowest BCUT2D eigenvalue weighted by Crippen LogP contribution is -2.48. The van der Waals surface area contributed by atoms with Crippen LogP contribution < -0.4 is 25.1 Å². The zero-order chi connectivity index (χ0) is 20.5. The fraction of sp³-hybridized carbons (Fsp3) is 0.211. The summed E-state index contributed by atoms with van der Waals surface area (Å²) < 4.78 is 29.1. The number of aldehydes is 1. The lowest BCUT2D eigenvalue weighted by Gasteiger charge is -2.16. The number of benzene rings is 2. The molecule has 1 atom stereocenters. The van der Waals surface area contributed by atoms with E-state index in [-0.39, 0.29) is 17.2 Å². The first kappa shape index (κ1) is 20.7. The molecular formula is C19H19FN2O6. The van der Waals surface area contributed by atoms with Gasteiger partial charge in [0.25, 0.3) is 11.8 Å². The van der Waals surface area contributed by atoms with Crippen molar-refractivity contribution < 1.29 is 33.0 Å². The van der Waals surface area contributed by atoms with Crippen LogP contribution in [-0.2, 0) is 9.59 Å². The van der Waals surface area contributed by atoms with Gasteiger partial charge in [-0.2, -0.15) is 0 Å². The minimum Gasteiger partial charge on any atom is -0.493 e. The number of hydrogen-bond donors (Lipinski definition) is 2. The highest BCUT2D eigenvalue weighted by Gasteiger charge is 2.17. The van der Waals surface area contributed by atoms with Crippen LogP contribution >= 0.6 is 0 Å². The minimum absolute atomic E-state index is 0.0781. The number of halogens is 1. The highest BCUT2D eigenvalue weighted by Crippen LogP contribution is 2.27. The molecule has 0 unspecified atom stereocenters. The highest BCUT2D eigenvalue weighted by atomic mass is 19.1. The summed E-state index contributed by atoms with van der Waals surface area (Å²) >= 11 is 0. The number of carbonyl (C=O) groups is 3. The quantitative estimate of drug-likeness (QED) is 0.525. The second kappa shape index (κ2) is 9.91. The molecule has 0 saturated heterocycles. The molecule has 2 amide bonds. The maximum Gasteiger partial charge on any atom is 0.279 e. The maximum atomic E-state index is 13.5. The number of hydrazine groups is 1. The molecule has 0 radical (unpaired) electrons. The van der Waals surface area contributed by atoms with Crippen molar-refractivity contribution in [2.24, 2.45) is 0 Å². The molecule has 2 N–H and O–H groups in total. The second-order valence-corrected chi connectivity index (χ2v) is 5.54. The van der Waals surface area contributed by atoms with Gasteiger partial charge in [-0.15, -0.1) is 0 Å². The van der Waals surface area contributed by atoms with Crippen LogP contribution in [0.4, 0.5) is 4.39 Å². The third-order valence-corrected chi connectivity index (χ3v) is 3.52. The normalized spacial score (nSPS) is 11.1. The maximum absolute atomic E-state index is 13.5. The van der Waals surface area contributed by atoms with E-state index in [4.69, 9.17) is 14.2 Å². The third kappa shape index (κ3) is 5.70. The Morgan fingerprint density at radius 3 is 2.54 bits per heavy atom. The van der Waals surface area contributed by atoms with Crippen LogP contribution in [0, 0.1) is 5.82 Å². The van der Waals surface area contributed by atoms with Gasteiger partial charge in [-0.25, -0.2) is 4.39 Å². The van der Waals surface area contributed by atoms with Crippen molar-refractivity contribution in [2.45, 2.75) is 13.0 Å². The molecule has 148 valence electrons. The first-order valence-electron chi connectivity index (χ1n) is 8.20. The summed E-state index contributed by atoms with van der Waals surface area (Å²) in [7, 11) is 1.40. The van der Waals surface area contributed by atoms with Crippen LogP contribution in [0.25, 0.3) is 0 Å². The fourth-order valence-corrected chi connectivity index (χ4v) is 2.07. The number of para-hydroxylation sites is 1. The zero-order valence-electron chi connectivity index (χ0n) is 15.2. The van der Waals surface area contributed by atoms with Crippen molar-refractivity contribution >= 4 is 18.1 Å². The molecule has 2 aromatic rings. The zero-order valence-corrected chi connectivity index (χ0v) is 15.2. The van der Waals surface area contributed by atoms with Gasteiger partial charge in [-0.1, -0.05) is 12.1 Å². The van der Waals surface area contributed by atoms with Crippen molar-refractivity contribution in [3.8, 4) is 17.2 Å². The largest absolute Gasteiger partial charge is 0.493 e. The van der Waals surface area contributed by atoms with Gasteiger partial charge in [0.15, 0.2) is 35.8 Å². The summed E-state index contributed by atoms with van der Waals surface area (Å²) in [5.74, 6) is -1.46. The van der Waals surface area contributed by atoms with Crippen LogP contribution in [0.3, 0.4) is 0 Å². The predicted molar refractivity (Wildman–Crippen MR) is 96.7 cm³/mol. The molecule has 28 heavy (non-hydrogen) atoms. The van der Waals surface area contributed by atoms with Crippen molar-refractivity contribution in [1.29, 1.82) is 0 Å². The Labute approximate surface area is 160 Å². The van der Waals surface area contributed by atoms with Gasteiger partial charge >= 0.3 is 0 Å². The predicted octanol–water partition coefficient (Wildman–Crippen LogP) is 1.64. The molecule has 0 aromatic heterocycles. The van der Waals surface area contributed by atoms with Gasteiger partial charge in [0.05, 0.1) is 7.11 Å². The first-order chi connectivity index (χ1) is 13.4. The molecule has 9 heteroatoms.